The largest absolute Gasteiger partial charge is 0.323 e. The lowest BCUT2D eigenvalue weighted by Gasteiger charge is -2.09. The fourth-order valence-corrected chi connectivity index (χ4v) is 2.01. The molecule has 0 radical (unpaired) electrons. The number of anilines is 2. The van der Waals surface area contributed by atoms with Crippen molar-refractivity contribution in [2.45, 2.75) is 13.8 Å². The summed E-state index contributed by atoms with van der Waals surface area (Å²) in [5.74, 6) is 0.489. The van der Waals surface area contributed by atoms with Crippen LogP contribution in [-0.2, 0) is 0 Å². The number of amides is 2. The van der Waals surface area contributed by atoms with Crippen LogP contribution in [0.2, 0.25) is 0 Å². The predicted octanol–water partition coefficient (Wildman–Crippen LogP) is 2.92. The van der Waals surface area contributed by atoms with Crippen LogP contribution in [0.1, 0.15) is 11.1 Å². The summed E-state index contributed by atoms with van der Waals surface area (Å²) in [7, 11) is 0. The average Bonchev–Trinajstić information content (AvgIpc) is 3.06. The number of aromatic nitrogens is 4. The van der Waals surface area contributed by atoms with E-state index in [-0.39, 0.29) is 6.03 Å². The highest BCUT2D eigenvalue weighted by molar-refractivity contribution is 5.99. The van der Waals surface area contributed by atoms with Gasteiger partial charge in [0.2, 0.25) is 5.95 Å². The zero-order chi connectivity index (χ0) is 16.2. The number of hydrogen-bond acceptors (Lipinski definition) is 4. The molecule has 2 heterocycles. The van der Waals surface area contributed by atoms with Gasteiger partial charge in [-0.15, -0.1) is 0 Å². The van der Waals surface area contributed by atoms with Crippen molar-refractivity contribution in [2.75, 3.05) is 10.6 Å². The number of rotatable bonds is 3. The minimum absolute atomic E-state index is 0.341. The van der Waals surface area contributed by atoms with Crippen molar-refractivity contribution >= 4 is 17.4 Å². The maximum atomic E-state index is 12.0. The summed E-state index contributed by atoms with van der Waals surface area (Å²) in [5, 5.41) is 5.48. The molecule has 0 atom stereocenters. The van der Waals surface area contributed by atoms with E-state index in [2.05, 4.69) is 25.6 Å². The van der Waals surface area contributed by atoms with Gasteiger partial charge in [-0.25, -0.2) is 19.7 Å². The molecular formula is C16H16N6O. The average molecular weight is 308 g/mol. The third kappa shape index (κ3) is 3.52. The number of nitrogens with one attached hydrogen (secondary N) is 2. The Labute approximate surface area is 133 Å². The third-order valence-corrected chi connectivity index (χ3v) is 3.40. The van der Waals surface area contributed by atoms with Crippen LogP contribution in [0.15, 0.2) is 49.3 Å². The number of benzene rings is 1. The Morgan fingerprint density at radius 3 is 2.43 bits per heavy atom. The number of carbonyl (C=O) groups excluding carboxylic acids is 1. The van der Waals surface area contributed by atoms with Gasteiger partial charge in [-0.2, -0.15) is 0 Å². The summed E-state index contributed by atoms with van der Waals surface area (Å²) in [6, 6.07) is 5.41. The second-order valence-electron chi connectivity index (χ2n) is 5.12. The summed E-state index contributed by atoms with van der Waals surface area (Å²) < 4.78 is 1.68. The molecule has 2 amide bonds. The Morgan fingerprint density at radius 1 is 1.04 bits per heavy atom. The Morgan fingerprint density at radius 2 is 1.78 bits per heavy atom. The van der Waals surface area contributed by atoms with Crippen LogP contribution in [0, 0.1) is 13.8 Å². The van der Waals surface area contributed by atoms with Gasteiger partial charge < -0.3 is 10.6 Å². The lowest BCUT2D eigenvalue weighted by molar-refractivity contribution is 0.262. The Hall–Kier alpha value is -3.22. The molecule has 7 heteroatoms. The van der Waals surface area contributed by atoms with Gasteiger partial charge in [0.05, 0.1) is 18.1 Å². The molecule has 2 N–H and O–H groups in total. The van der Waals surface area contributed by atoms with Gasteiger partial charge in [0.25, 0.3) is 0 Å². The zero-order valence-corrected chi connectivity index (χ0v) is 12.8. The minimum Gasteiger partial charge on any atom is -0.308 e. The van der Waals surface area contributed by atoms with Gasteiger partial charge in [-0.3, -0.25) is 4.57 Å². The van der Waals surface area contributed by atoms with E-state index in [0.29, 0.717) is 11.6 Å². The third-order valence-electron chi connectivity index (χ3n) is 3.40. The fourth-order valence-electron chi connectivity index (χ4n) is 2.01. The molecule has 0 bridgehead atoms. The van der Waals surface area contributed by atoms with E-state index in [1.807, 2.05) is 32.0 Å². The van der Waals surface area contributed by atoms with Crippen LogP contribution in [0.4, 0.5) is 16.2 Å². The van der Waals surface area contributed by atoms with Gasteiger partial charge in [-0.05, 0) is 37.1 Å². The van der Waals surface area contributed by atoms with Gasteiger partial charge in [0.15, 0.2) is 0 Å². The molecule has 23 heavy (non-hydrogen) atoms. The van der Waals surface area contributed by atoms with Crippen molar-refractivity contribution in [1.29, 1.82) is 0 Å². The van der Waals surface area contributed by atoms with Crippen LogP contribution in [0.3, 0.4) is 0 Å². The molecule has 0 saturated heterocycles. The quantitative estimate of drug-likeness (QED) is 0.779. The molecular weight excluding hydrogens is 292 g/mol. The van der Waals surface area contributed by atoms with Crippen molar-refractivity contribution in [3.05, 3.63) is 60.4 Å². The van der Waals surface area contributed by atoms with Crippen LogP contribution in [0.25, 0.3) is 5.95 Å². The first kappa shape index (κ1) is 14.7. The molecule has 0 unspecified atom stereocenters. The van der Waals surface area contributed by atoms with Gasteiger partial charge in [-0.1, -0.05) is 6.07 Å². The highest BCUT2D eigenvalue weighted by Gasteiger charge is 2.05. The molecule has 3 aromatic rings. The molecule has 0 spiro atoms. The molecule has 7 nitrogen and oxygen atoms in total. The van der Waals surface area contributed by atoms with E-state index in [1.54, 1.807) is 35.7 Å². The molecule has 0 fully saturated rings. The summed E-state index contributed by atoms with van der Waals surface area (Å²) in [6.45, 7) is 4.03. The van der Waals surface area contributed by atoms with Crippen LogP contribution >= 0.6 is 0 Å². The molecule has 0 aliphatic carbocycles. The van der Waals surface area contributed by atoms with E-state index in [4.69, 9.17) is 0 Å². The van der Waals surface area contributed by atoms with Crippen molar-refractivity contribution < 1.29 is 4.79 Å². The van der Waals surface area contributed by atoms with E-state index in [0.717, 1.165) is 11.3 Å². The van der Waals surface area contributed by atoms with Crippen molar-refractivity contribution in [3.63, 3.8) is 0 Å². The molecule has 0 aliphatic heterocycles. The molecule has 3 rings (SSSR count). The second kappa shape index (κ2) is 6.27. The first-order chi connectivity index (χ1) is 11.1. The lowest BCUT2D eigenvalue weighted by Crippen LogP contribution is -2.19. The standard InChI is InChI=1S/C16H16N6O/c1-11-3-4-13(7-12(11)2)20-16(23)21-14-8-18-15(19-9-14)22-6-5-17-10-22/h3-10H,1-2H3,(H2,20,21,23). The van der Waals surface area contributed by atoms with Crippen molar-refractivity contribution in [2.24, 2.45) is 0 Å². The fraction of sp³-hybridized carbons (Fsp3) is 0.125. The highest BCUT2D eigenvalue weighted by Crippen LogP contribution is 2.14. The first-order valence-corrected chi connectivity index (χ1v) is 7.07. The van der Waals surface area contributed by atoms with Gasteiger partial charge in [0.1, 0.15) is 6.33 Å². The number of hydrogen-bond donors (Lipinski definition) is 2. The second-order valence-corrected chi connectivity index (χ2v) is 5.12. The monoisotopic (exact) mass is 308 g/mol. The molecule has 1 aromatic carbocycles. The van der Waals surface area contributed by atoms with E-state index in [9.17, 15) is 4.79 Å². The number of carbonyl (C=O) groups is 1. The Kier molecular flexibility index (Phi) is 4.01. The zero-order valence-electron chi connectivity index (χ0n) is 12.8. The summed E-state index contributed by atoms with van der Waals surface area (Å²) in [5.41, 5.74) is 3.55. The topological polar surface area (TPSA) is 84.7 Å². The smallest absolute Gasteiger partial charge is 0.308 e. The Bertz CT molecular complexity index is 811. The van der Waals surface area contributed by atoms with E-state index >= 15 is 0 Å². The van der Waals surface area contributed by atoms with Gasteiger partial charge in [0, 0.05) is 18.1 Å². The lowest BCUT2D eigenvalue weighted by atomic mass is 10.1. The highest BCUT2D eigenvalue weighted by atomic mass is 16.2. The summed E-state index contributed by atoms with van der Waals surface area (Å²) in [4.78, 5) is 24.3. The van der Waals surface area contributed by atoms with Crippen LogP contribution in [-0.4, -0.2) is 25.6 Å². The molecule has 0 aliphatic rings. The number of urea groups is 1. The van der Waals surface area contributed by atoms with Crippen molar-refractivity contribution in [1.82, 2.24) is 19.5 Å². The first-order valence-electron chi connectivity index (χ1n) is 7.07. The van der Waals surface area contributed by atoms with Crippen molar-refractivity contribution in [3.8, 4) is 5.95 Å². The maximum absolute atomic E-state index is 12.0. The molecule has 0 saturated carbocycles. The SMILES string of the molecule is Cc1ccc(NC(=O)Nc2cnc(-n3ccnc3)nc2)cc1C. The van der Waals surface area contributed by atoms with Gasteiger partial charge >= 0.3 is 6.03 Å². The molecule has 2 aromatic heterocycles. The summed E-state index contributed by atoms with van der Waals surface area (Å²) >= 11 is 0. The Balaban J connectivity index is 1.64. The van der Waals surface area contributed by atoms with E-state index in [1.165, 1.54) is 5.56 Å². The number of imidazole rings is 1. The predicted molar refractivity (Wildman–Crippen MR) is 87.7 cm³/mol. The number of nitrogens with zero attached hydrogens (tertiary/aromatic N) is 4. The van der Waals surface area contributed by atoms with Crippen LogP contribution in [0.5, 0.6) is 0 Å². The van der Waals surface area contributed by atoms with E-state index < -0.39 is 0 Å². The minimum atomic E-state index is -0.341. The number of aryl methyl sites for hydroxylation is 2. The summed E-state index contributed by atoms with van der Waals surface area (Å²) in [6.07, 6.45) is 8.08. The normalized spacial score (nSPS) is 10.3. The molecule has 116 valence electrons. The maximum Gasteiger partial charge on any atom is 0.323 e. The van der Waals surface area contributed by atoms with Crippen LogP contribution < -0.4 is 10.6 Å².